The zero-order valence-electron chi connectivity index (χ0n) is 16.6. The van der Waals surface area contributed by atoms with Gasteiger partial charge in [-0.2, -0.15) is 20.1 Å². The summed E-state index contributed by atoms with van der Waals surface area (Å²) in [5.74, 6) is 0.935. The summed E-state index contributed by atoms with van der Waals surface area (Å²) in [6, 6.07) is 12.4. The lowest BCUT2D eigenvalue weighted by atomic mass is 10.2. The predicted octanol–water partition coefficient (Wildman–Crippen LogP) is 4.21. The second-order valence-electron chi connectivity index (χ2n) is 6.44. The molecule has 10 nitrogen and oxygen atoms in total. The largest absolute Gasteiger partial charge is 0.350 e. The minimum atomic E-state index is -0.594. The van der Waals surface area contributed by atoms with E-state index in [0.29, 0.717) is 18.4 Å². The van der Waals surface area contributed by atoms with Crippen LogP contribution in [-0.2, 0) is 6.54 Å². The summed E-state index contributed by atoms with van der Waals surface area (Å²) in [6.07, 6.45) is 1.27. The lowest BCUT2D eigenvalue weighted by Gasteiger charge is -2.13. The quantitative estimate of drug-likeness (QED) is 0.291. The van der Waals surface area contributed by atoms with Crippen LogP contribution < -0.4 is 15.6 Å². The first kappa shape index (κ1) is 22.2. The highest BCUT2D eigenvalue weighted by molar-refractivity contribution is 6.40. The third kappa shape index (κ3) is 5.77. The molecule has 3 aromatic rings. The molecule has 0 saturated heterocycles. The van der Waals surface area contributed by atoms with E-state index in [9.17, 15) is 10.1 Å². The molecule has 3 rings (SSSR count). The van der Waals surface area contributed by atoms with Crippen molar-refractivity contribution in [3.63, 3.8) is 0 Å². The van der Waals surface area contributed by atoms with E-state index in [4.69, 9.17) is 23.2 Å². The average Bonchev–Trinajstić information content (AvgIpc) is 2.75. The van der Waals surface area contributed by atoms with Gasteiger partial charge in [-0.15, -0.1) is 0 Å². The maximum Gasteiger partial charge on any atom is 0.288 e. The number of rotatable bonds is 8. The Labute approximate surface area is 188 Å². The molecule has 0 fully saturated rings. The number of nitro groups is 1. The van der Waals surface area contributed by atoms with Gasteiger partial charge in [-0.3, -0.25) is 10.1 Å². The Morgan fingerprint density at radius 2 is 1.81 bits per heavy atom. The number of nitrogens with zero attached hydrogens (tertiary/aromatic N) is 6. The molecule has 0 atom stereocenters. The summed E-state index contributed by atoms with van der Waals surface area (Å²) < 4.78 is 0. The summed E-state index contributed by atoms with van der Waals surface area (Å²) >= 11 is 12.2. The van der Waals surface area contributed by atoms with Crippen LogP contribution in [0.15, 0.2) is 47.6 Å². The van der Waals surface area contributed by atoms with Gasteiger partial charge in [0.05, 0.1) is 16.2 Å². The van der Waals surface area contributed by atoms with Crippen molar-refractivity contribution in [2.24, 2.45) is 5.10 Å². The van der Waals surface area contributed by atoms with E-state index in [1.165, 1.54) is 18.3 Å². The molecule has 12 heteroatoms. The van der Waals surface area contributed by atoms with E-state index in [1.54, 1.807) is 19.0 Å². The van der Waals surface area contributed by atoms with Crippen molar-refractivity contribution in [3.8, 4) is 0 Å². The number of hydrogen-bond acceptors (Lipinski definition) is 9. The van der Waals surface area contributed by atoms with Crippen LogP contribution in [-0.4, -0.2) is 40.2 Å². The molecule has 0 aliphatic heterocycles. The minimum Gasteiger partial charge on any atom is -0.350 e. The number of nitro benzene ring substituents is 1. The van der Waals surface area contributed by atoms with Crippen molar-refractivity contribution in [2.75, 3.05) is 29.7 Å². The van der Waals surface area contributed by atoms with Gasteiger partial charge in [0.25, 0.3) is 5.69 Å². The van der Waals surface area contributed by atoms with Crippen LogP contribution in [0.5, 0.6) is 0 Å². The molecule has 1 heterocycles. The maximum absolute atomic E-state index is 11.1. The first-order valence-electron chi connectivity index (χ1n) is 8.98. The molecular weight excluding hydrogens is 443 g/mol. The van der Waals surface area contributed by atoms with E-state index >= 15 is 0 Å². The third-order valence-corrected chi connectivity index (χ3v) is 4.70. The molecule has 2 aromatic carbocycles. The molecular formula is C19H18Cl2N8O2. The molecule has 0 amide bonds. The number of hydrogen-bond donors (Lipinski definition) is 2. The summed E-state index contributed by atoms with van der Waals surface area (Å²) in [5, 5.41) is 18.3. The molecule has 0 radical (unpaired) electrons. The molecule has 160 valence electrons. The monoisotopic (exact) mass is 460 g/mol. The molecule has 31 heavy (non-hydrogen) atoms. The van der Waals surface area contributed by atoms with Crippen LogP contribution in [0, 0.1) is 10.1 Å². The smallest absolute Gasteiger partial charge is 0.288 e. The lowest BCUT2D eigenvalue weighted by Crippen LogP contribution is -2.16. The Balaban J connectivity index is 1.80. The molecule has 0 spiro atoms. The Hall–Kier alpha value is -3.50. The van der Waals surface area contributed by atoms with Crippen LogP contribution in [0.25, 0.3) is 0 Å². The van der Waals surface area contributed by atoms with Gasteiger partial charge in [-0.25, -0.2) is 5.43 Å². The predicted molar refractivity (Wildman–Crippen MR) is 122 cm³/mol. The zero-order valence-corrected chi connectivity index (χ0v) is 18.1. The number of aromatic nitrogens is 3. The Bertz CT molecular complexity index is 1110. The number of anilines is 3. The zero-order chi connectivity index (χ0) is 22.4. The van der Waals surface area contributed by atoms with E-state index in [1.807, 2.05) is 30.3 Å². The number of nitrogens with one attached hydrogen (secondary N) is 2. The molecule has 0 aliphatic rings. The average molecular weight is 461 g/mol. The Morgan fingerprint density at radius 1 is 1.10 bits per heavy atom. The van der Waals surface area contributed by atoms with Gasteiger partial charge in [0.1, 0.15) is 5.02 Å². The fourth-order valence-corrected chi connectivity index (χ4v) is 2.98. The van der Waals surface area contributed by atoms with Gasteiger partial charge in [0.15, 0.2) is 0 Å². The van der Waals surface area contributed by atoms with Gasteiger partial charge in [0.2, 0.25) is 17.8 Å². The molecule has 1 aromatic heterocycles. The van der Waals surface area contributed by atoms with E-state index in [-0.39, 0.29) is 27.2 Å². The van der Waals surface area contributed by atoms with Gasteiger partial charge in [-0.1, -0.05) is 53.5 Å². The first-order chi connectivity index (χ1) is 14.8. The van der Waals surface area contributed by atoms with Crippen LogP contribution >= 0.6 is 23.2 Å². The first-order valence-corrected chi connectivity index (χ1v) is 9.73. The standard InChI is InChI=1S/C19H18Cl2N8O2/c1-28(2)19-25-17(22-10-12-6-4-3-5-7-12)24-18(26-19)27-23-11-13-14(20)8-9-15(16(13)21)29(30)31/h3-9,11H,10H2,1-2H3,(H2,22,24,25,26,27)/b23-11+. The highest BCUT2D eigenvalue weighted by Gasteiger charge is 2.17. The molecule has 0 saturated carbocycles. The van der Waals surface area contributed by atoms with Gasteiger partial charge in [0, 0.05) is 32.3 Å². The number of hydrazone groups is 1. The van der Waals surface area contributed by atoms with Crippen LogP contribution in [0.1, 0.15) is 11.1 Å². The van der Waals surface area contributed by atoms with Gasteiger partial charge in [-0.05, 0) is 11.6 Å². The van der Waals surface area contributed by atoms with E-state index in [2.05, 4.69) is 30.8 Å². The molecule has 0 unspecified atom stereocenters. The maximum atomic E-state index is 11.1. The molecule has 0 bridgehead atoms. The van der Waals surface area contributed by atoms with Crippen molar-refractivity contribution in [3.05, 3.63) is 73.8 Å². The summed E-state index contributed by atoms with van der Waals surface area (Å²) in [5.41, 5.74) is 3.68. The van der Waals surface area contributed by atoms with Gasteiger partial charge < -0.3 is 10.2 Å². The molecule has 2 N–H and O–H groups in total. The lowest BCUT2D eigenvalue weighted by molar-refractivity contribution is -0.384. The fraction of sp³-hybridized carbons (Fsp3) is 0.158. The Morgan fingerprint density at radius 3 is 2.48 bits per heavy atom. The summed E-state index contributed by atoms with van der Waals surface area (Å²) in [6.45, 7) is 0.527. The van der Waals surface area contributed by atoms with Crippen LogP contribution in [0.3, 0.4) is 0 Å². The Kier molecular flexibility index (Phi) is 7.16. The topological polar surface area (TPSA) is 121 Å². The SMILES string of the molecule is CN(C)c1nc(NCc2ccccc2)nc(N/N=C/c2c(Cl)ccc([N+](=O)[O-])c2Cl)n1. The highest BCUT2D eigenvalue weighted by Crippen LogP contribution is 2.31. The third-order valence-electron chi connectivity index (χ3n) is 3.98. The van der Waals surface area contributed by atoms with Crippen LogP contribution in [0.2, 0.25) is 10.0 Å². The minimum absolute atomic E-state index is 0.113. The van der Waals surface area contributed by atoms with Crippen molar-refractivity contribution >= 4 is 52.9 Å². The van der Waals surface area contributed by atoms with Gasteiger partial charge >= 0.3 is 0 Å². The van der Waals surface area contributed by atoms with E-state index < -0.39 is 4.92 Å². The van der Waals surface area contributed by atoms with Crippen molar-refractivity contribution in [1.29, 1.82) is 0 Å². The number of halogens is 2. The number of benzene rings is 2. The van der Waals surface area contributed by atoms with Crippen molar-refractivity contribution in [2.45, 2.75) is 6.54 Å². The molecule has 0 aliphatic carbocycles. The highest BCUT2D eigenvalue weighted by atomic mass is 35.5. The van der Waals surface area contributed by atoms with Crippen molar-refractivity contribution < 1.29 is 4.92 Å². The van der Waals surface area contributed by atoms with Crippen LogP contribution in [0.4, 0.5) is 23.5 Å². The second kappa shape index (κ2) is 10.0. The van der Waals surface area contributed by atoms with E-state index in [0.717, 1.165) is 5.56 Å². The normalized spacial score (nSPS) is 10.8. The fourth-order valence-electron chi connectivity index (χ4n) is 2.44. The van der Waals surface area contributed by atoms with Crippen molar-refractivity contribution in [1.82, 2.24) is 15.0 Å². The summed E-state index contributed by atoms with van der Waals surface area (Å²) in [7, 11) is 3.60. The summed E-state index contributed by atoms with van der Waals surface area (Å²) in [4.78, 5) is 25.1. The second-order valence-corrected chi connectivity index (χ2v) is 7.22.